The predicted molar refractivity (Wildman–Crippen MR) is 61.8 cm³/mol. The van der Waals surface area contributed by atoms with Crippen LogP contribution >= 0.6 is 0 Å². The molecule has 1 aliphatic heterocycles. The Balaban J connectivity index is 1.96. The summed E-state index contributed by atoms with van der Waals surface area (Å²) in [6.07, 6.45) is 5.47. The van der Waals surface area contributed by atoms with E-state index in [0.29, 0.717) is 19.5 Å². The number of nitrogens with zero attached hydrogens (tertiary/aromatic N) is 1. The summed E-state index contributed by atoms with van der Waals surface area (Å²) in [7, 11) is 0. The minimum absolute atomic E-state index is 0.148. The fourth-order valence-corrected chi connectivity index (χ4v) is 3.08. The molecule has 16 heavy (non-hydrogen) atoms. The first-order valence-electron chi connectivity index (χ1n) is 6.36. The summed E-state index contributed by atoms with van der Waals surface area (Å²) >= 11 is 0. The van der Waals surface area contributed by atoms with Crippen LogP contribution in [0.25, 0.3) is 0 Å². The SMILES string of the molecule is NCCC(=O)N1CC[C@]2(O)CCCC[C@H]2C1. The third-order valence-corrected chi connectivity index (χ3v) is 4.14. The Morgan fingerprint density at radius 2 is 2.25 bits per heavy atom. The number of amides is 1. The van der Waals surface area contributed by atoms with E-state index in [9.17, 15) is 9.90 Å². The van der Waals surface area contributed by atoms with Crippen LogP contribution in [-0.2, 0) is 4.79 Å². The zero-order chi connectivity index (χ0) is 11.6. The highest BCUT2D eigenvalue weighted by molar-refractivity contribution is 5.76. The van der Waals surface area contributed by atoms with Crippen molar-refractivity contribution in [3.63, 3.8) is 0 Å². The molecule has 0 bridgehead atoms. The molecule has 2 rings (SSSR count). The average molecular weight is 226 g/mol. The summed E-state index contributed by atoms with van der Waals surface area (Å²) in [5.41, 5.74) is 4.91. The van der Waals surface area contributed by atoms with Crippen LogP contribution in [0.4, 0.5) is 0 Å². The van der Waals surface area contributed by atoms with Gasteiger partial charge in [0.15, 0.2) is 0 Å². The zero-order valence-electron chi connectivity index (χ0n) is 9.82. The minimum atomic E-state index is -0.488. The summed E-state index contributed by atoms with van der Waals surface area (Å²) in [6.45, 7) is 1.85. The first-order valence-corrected chi connectivity index (χ1v) is 6.36. The van der Waals surface area contributed by atoms with Crippen molar-refractivity contribution in [2.24, 2.45) is 11.7 Å². The highest BCUT2D eigenvalue weighted by Gasteiger charge is 2.43. The highest BCUT2D eigenvalue weighted by atomic mass is 16.3. The maximum absolute atomic E-state index is 11.7. The molecular formula is C12H22N2O2. The molecule has 1 saturated carbocycles. The molecule has 4 nitrogen and oxygen atoms in total. The van der Waals surface area contributed by atoms with E-state index >= 15 is 0 Å². The summed E-state index contributed by atoms with van der Waals surface area (Å²) in [4.78, 5) is 13.6. The van der Waals surface area contributed by atoms with Crippen LogP contribution in [-0.4, -0.2) is 41.1 Å². The van der Waals surface area contributed by atoms with E-state index in [2.05, 4.69) is 0 Å². The maximum atomic E-state index is 11.7. The fourth-order valence-electron chi connectivity index (χ4n) is 3.08. The van der Waals surface area contributed by atoms with Crippen LogP contribution < -0.4 is 5.73 Å². The lowest BCUT2D eigenvalue weighted by atomic mass is 9.71. The molecule has 0 aromatic carbocycles. The highest BCUT2D eigenvalue weighted by Crippen LogP contribution is 2.39. The van der Waals surface area contributed by atoms with Crippen molar-refractivity contribution in [1.29, 1.82) is 0 Å². The van der Waals surface area contributed by atoms with Crippen molar-refractivity contribution in [2.75, 3.05) is 19.6 Å². The Hall–Kier alpha value is -0.610. The van der Waals surface area contributed by atoms with Crippen LogP contribution in [0.1, 0.15) is 38.5 Å². The second kappa shape index (κ2) is 4.72. The Bertz CT molecular complexity index is 270. The first-order chi connectivity index (χ1) is 7.65. The Labute approximate surface area is 96.8 Å². The third kappa shape index (κ3) is 2.23. The maximum Gasteiger partial charge on any atom is 0.223 e. The van der Waals surface area contributed by atoms with Gasteiger partial charge in [-0.2, -0.15) is 0 Å². The van der Waals surface area contributed by atoms with E-state index in [-0.39, 0.29) is 11.8 Å². The second-order valence-electron chi connectivity index (χ2n) is 5.17. The van der Waals surface area contributed by atoms with E-state index in [0.717, 1.165) is 32.2 Å². The molecule has 3 N–H and O–H groups in total. The van der Waals surface area contributed by atoms with Gasteiger partial charge in [-0.05, 0) is 19.3 Å². The number of rotatable bonds is 2. The number of fused-ring (bicyclic) bond motifs is 1. The first kappa shape index (κ1) is 11.9. The third-order valence-electron chi connectivity index (χ3n) is 4.14. The predicted octanol–water partition coefficient (Wildman–Crippen LogP) is 0.489. The minimum Gasteiger partial charge on any atom is -0.389 e. The van der Waals surface area contributed by atoms with Crippen molar-refractivity contribution >= 4 is 5.91 Å². The van der Waals surface area contributed by atoms with Gasteiger partial charge in [0.25, 0.3) is 0 Å². The average Bonchev–Trinajstić information content (AvgIpc) is 2.28. The lowest BCUT2D eigenvalue weighted by Crippen LogP contribution is -2.54. The van der Waals surface area contributed by atoms with E-state index in [1.165, 1.54) is 6.42 Å². The van der Waals surface area contributed by atoms with Gasteiger partial charge in [-0.1, -0.05) is 12.8 Å². The molecule has 2 aliphatic rings. The summed E-state index contributed by atoms with van der Waals surface area (Å²) < 4.78 is 0. The van der Waals surface area contributed by atoms with Crippen LogP contribution in [0.2, 0.25) is 0 Å². The van der Waals surface area contributed by atoms with Crippen LogP contribution in [0.15, 0.2) is 0 Å². The topological polar surface area (TPSA) is 66.6 Å². The summed E-state index contributed by atoms with van der Waals surface area (Å²) in [5, 5.41) is 10.5. The summed E-state index contributed by atoms with van der Waals surface area (Å²) in [6, 6.07) is 0. The number of carbonyl (C=O) groups excluding carboxylic acids is 1. The quantitative estimate of drug-likeness (QED) is 0.720. The van der Waals surface area contributed by atoms with Gasteiger partial charge in [0.05, 0.1) is 5.60 Å². The van der Waals surface area contributed by atoms with Gasteiger partial charge < -0.3 is 15.7 Å². The van der Waals surface area contributed by atoms with Gasteiger partial charge in [0.2, 0.25) is 5.91 Å². The fraction of sp³-hybridized carbons (Fsp3) is 0.917. The second-order valence-corrected chi connectivity index (χ2v) is 5.17. The monoisotopic (exact) mass is 226 g/mol. The molecule has 92 valence electrons. The standard InChI is InChI=1S/C12H22N2O2/c13-7-4-11(15)14-8-6-12(16)5-2-1-3-10(12)9-14/h10,16H,1-9,13H2/t10-,12+/m0/s1. The number of piperidine rings is 1. The number of nitrogens with two attached hydrogens (primary N) is 1. The van der Waals surface area contributed by atoms with E-state index < -0.39 is 5.60 Å². The molecule has 2 atom stereocenters. The molecular weight excluding hydrogens is 204 g/mol. The van der Waals surface area contributed by atoms with Crippen molar-refractivity contribution in [2.45, 2.75) is 44.1 Å². The van der Waals surface area contributed by atoms with Crippen LogP contribution in [0.5, 0.6) is 0 Å². The molecule has 0 spiro atoms. The number of carbonyl (C=O) groups is 1. The molecule has 1 amide bonds. The molecule has 4 heteroatoms. The van der Waals surface area contributed by atoms with Gasteiger partial charge in [0, 0.05) is 32.0 Å². The number of hydrogen-bond donors (Lipinski definition) is 2. The van der Waals surface area contributed by atoms with Crippen LogP contribution in [0, 0.1) is 5.92 Å². The van der Waals surface area contributed by atoms with E-state index in [1.54, 1.807) is 0 Å². The van der Waals surface area contributed by atoms with Gasteiger partial charge in [-0.25, -0.2) is 0 Å². The Morgan fingerprint density at radius 1 is 1.44 bits per heavy atom. The number of hydrogen-bond acceptors (Lipinski definition) is 3. The Kier molecular flexibility index (Phi) is 3.50. The summed E-state index contributed by atoms with van der Waals surface area (Å²) in [5.74, 6) is 0.437. The van der Waals surface area contributed by atoms with Crippen molar-refractivity contribution < 1.29 is 9.90 Å². The molecule has 0 aromatic rings. The van der Waals surface area contributed by atoms with Crippen LogP contribution in [0.3, 0.4) is 0 Å². The normalized spacial score (nSPS) is 34.6. The van der Waals surface area contributed by atoms with Gasteiger partial charge in [-0.15, -0.1) is 0 Å². The lowest BCUT2D eigenvalue weighted by molar-refractivity contribution is -0.143. The molecule has 1 heterocycles. The molecule has 2 fully saturated rings. The van der Waals surface area contributed by atoms with E-state index in [1.807, 2.05) is 4.90 Å². The lowest BCUT2D eigenvalue weighted by Gasteiger charge is -2.47. The van der Waals surface area contributed by atoms with Crippen molar-refractivity contribution in [3.05, 3.63) is 0 Å². The van der Waals surface area contributed by atoms with Gasteiger partial charge in [-0.3, -0.25) is 4.79 Å². The molecule has 0 aromatic heterocycles. The smallest absolute Gasteiger partial charge is 0.223 e. The number of aliphatic hydroxyl groups is 1. The van der Waals surface area contributed by atoms with E-state index in [4.69, 9.17) is 5.73 Å². The van der Waals surface area contributed by atoms with Gasteiger partial charge >= 0.3 is 0 Å². The van der Waals surface area contributed by atoms with Gasteiger partial charge in [0.1, 0.15) is 0 Å². The van der Waals surface area contributed by atoms with Crippen molar-refractivity contribution in [1.82, 2.24) is 4.90 Å². The van der Waals surface area contributed by atoms with Crippen molar-refractivity contribution in [3.8, 4) is 0 Å². The molecule has 1 aliphatic carbocycles. The number of likely N-dealkylation sites (tertiary alicyclic amines) is 1. The molecule has 0 unspecified atom stereocenters. The molecule has 0 radical (unpaired) electrons. The Morgan fingerprint density at radius 3 is 3.00 bits per heavy atom. The molecule has 1 saturated heterocycles. The zero-order valence-corrected chi connectivity index (χ0v) is 9.82. The largest absolute Gasteiger partial charge is 0.389 e.